The maximum Gasteiger partial charge on any atom is 0.0681 e. The summed E-state index contributed by atoms with van der Waals surface area (Å²) >= 11 is 6.06. The first-order chi connectivity index (χ1) is 10.2. The quantitative estimate of drug-likeness (QED) is 0.888. The lowest BCUT2D eigenvalue weighted by Gasteiger charge is -2.21. The van der Waals surface area contributed by atoms with Gasteiger partial charge in [-0.1, -0.05) is 41.9 Å². The zero-order valence-electron chi connectivity index (χ0n) is 12.1. The van der Waals surface area contributed by atoms with Crippen LogP contribution in [0.4, 0.5) is 0 Å². The molecule has 0 saturated heterocycles. The Kier molecular flexibility index (Phi) is 4.29. The maximum absolute atomic E-state index is 9.25. The third-order valence-corrected chi connectivity index (χ3v) is 4.50. The van der Waals surface area contributed by atoms with Crippen molar-refractivity contribution >= 4 is 11.6 Å². The molecule has 0 aliphatic heterocycles. The van der Waals surface area contributed by atoms with E-state index >= 15 is 0 Å². The van der Waals surface area contributed by atoms with E-state index in [1.165, 1.54) is 16.7 Å². The highest BCUT2D eigenvalue weighted by Crippen LogP contribution is 2.34. The number of halogens is 1. The molecule has 0 heterocycles. The largest absolute Gasteiger partial charge is 0.392 e. The van der Waals surface area contributed by atoms with Gasteiger partial charge in [-0.15, -0.1) is 0 Å². The van der Waals surface area contributed by atoms with Gasteiger partial charge in [0.25, 0.3) is 0 Å². The van der Waals surface area contributed by atoms with E-state index in [-0.39, 0.29) is 12.6 Å². The van der Waals surface area contributed by atoms with Crippen molar-refractivity contribution in [1.29, 1.82) is 0 Å². The Balaban J connectivity index is 1.76. The van der Waals surface area contributed by atoms with Crippen LogP contribution in [0.2, 0.25) is 5.02 Å². The Bertz CT molecular complexity index is 641. The number of benzene rings is 2. The SMILES string of the molecule is CC(NC1CCc2cc(Cl)ccc21)c1cccc(CO)c1. The van der Waals surface area contributed by atoms with E-state index in [0.29, 0.717) is 6.04 Å². The summed E-state index contributed by atoms with van der Waals surface area (Å²) in [7, 11) is 0. The molecule has 2 atom stereocenters. The van der Waals surface area contributed by atoms with Crippen LogP contribution in [0.25, 0.3) is 0 Å². The number of aliphatic hydroxyl groups excluding tert-OH is 1. The lowest BCUT2D eigenvalue weighted by atomic mass is 10.0. The fourth-order valence-corrected chi connectivity index (χ4v) is 3.31. The Morgan fingerprint density at radius 3 is 2.95 bits per heavy atom. The molecule has 21 heavy (non-hydrogen) atoms. The van der Waals surface area contributed by atoms with Gasteiger partial charge in [0.2, 0.25) is 0 Å². The topological polar surface area (TPSA) is 32.3 Å². The van der Waals surface area contributed by atoms with E-state index < -0.39 is 0 Å². The molecule has 2 aromatic rings. The molecule has 0 fully saturated rings. The highest BCUT2D eigenvalue weighted by atomic mass is 35.5. The lowest BCUT2D eigenvalue weighted by molar-refractivity contribution is 0.281. The van der Waals surface area contributed by atoms with Crippen LogP contribution in [-0.2, 0) is 13.0 Å². The molecule has 1 aliphatic rings. The van der Waals surface area contributed by atoms with E-state index in [0.717, 1.165) is 23.4 Å². The van der Waals surface area contributed by atoms with Gasteiger partial charge >= 0.3 is 0 Å². The van der Waals surface area contributed by atoms with Crippen molar-refractivity contribution in [2.75, 3.05) is 0 Å². The Morgan fingerprint density at radius 2 is 2.14 bits per heavy atom. The van der Waals surface area contributed by atoms with Gasteiger partial charge in [0.15, 0.2) is 0 Å². The van der Waals surface area contributed by atoms with E-state index in [9.17, 15) is 5.11 Å². The monoisotopic (exact) mass is 301 g/mol. The molecular formula is C18H20ClNO. The normalized spacial score (nSPS) is 18.5. The molecule has 110 valence electrons. The van der Waals surface area contributed by atoms with Crippen molar-refractivity contribution in [3.05, 3.63) is 69.7 Å². The summed E-state index contributed by atoms with van der Waals surface area (Å²) in [4.78, 5) is 0. The van der Waals surface area contributed by atoms with Gasteiger partial charge in [-0.3, -0.25) is 0 Å². The van der Waals surface area contributed by atoms with Gasteiger partial charge in [0, 0.05) is 17.1 Å². The summed E-state index contributed by atoms with van der Waals surface area (Å²) in [5.74, 6) is 0. The lowest BCUT2D eigenvalue weighted by Crippen LogP contribution is -2.23. The van der Waals surface area contributed by atoms with Gasteiger partial charge in [-0.2, -0.15) is 0 Å². The van der Waals surface area contributed by atoms with Crippen LogP contribution in [0.5, 0.6) is 0 Å². The van der Waals surface area contributed by atoms with Crippen molar-refractivity contribution in [2.45, 2.75) is 38.5 Å². The second-order valence-corrected chi connectivity index (χ2v) is 6.16. The number of rotatable bonds is 4. The predicted molar refractivity (Wildman–Crippen MR) is 86.4 cm³/mol. The van der Waals surface area contributed by atoms with E-state index in [1.807, 2.05) is 18.2 Å². The molecular weight excluding hydrogens is 282 g/mol. The van der Waals surface area contributed by atoms with Crippen LogP contribution in [0.3, 0.4) is 0 Å². The Labute approximate surface area is 130 Å². The van der Waals surface area contributed by atoms with Crippen LogP contribution in [-0.4, -0.2) is 5.11 Å². The third kappa shape index (κ3) is 3.13. The number of hydrogen-bond acceptors (Lipinski definition) is 2. The number of fused-ring (bicyclic) bond motifs is 1. The standard InChI is InChI=1S/C18H20ClNO/c1-12(14-4-2-3-13(9-14)11-21)20-18-8-5-15-10-16(19)6-7-17(15)18/h2-4,6-7,9-10,12,18,20-21H,5,8,11H2,1H3. The Hall–Kier alpha value is -1.35. The number of aliphatic hydroxyl groups is 1. The molecule has 0 radical (unpaired) electrons. The average molecular weight is 302 g/mol. The smallest absolute Gasteiger partial charge is 0.0681 e. The molecule has 0 spiro atoms. The van der Waals surface area contributed by atoms with E-state index in [4.69, 9.17) is 11.6 Å². The zero-order chi connectivity index (χ0) is 14.8. The van der Waals surface area contributed by atoms with Gasteiger partial charge in [-0.05, 0) is 54.2 Å². The molecule has 0 amide bonds. The minimum Gasteiger partial charge on any atom is -0.392 e. The number of aryl methyl sites for hydroxylation is 1. The molecule has 1 aliphatic carbocycles. The van der Waals surface area contributed by atoms with Gasteiger partial charge in [0.05, 0.1) is 6.61 Å². The summed E-state index contributed by atoms with van der Waals surface area (Å²) in [5, 5.41) is 13.8. The highest BCUT2D eigenvalue weighted by molar-refractivity contribution is 6.30. The first-order valence-corrected chi connectivity index (χ1v) is 7.79. The molecule has 0 aromatic heterocycles. The maximum atomic E-state index is 9.25. The van der Waals surface area contributed by atoms with Crippen molar-refractivity contribution in [3.8, 4) is 0 Å². The second-order valence-electron chi connectivity index (χ2n) is 5.73. The Morgan fingerprint density at radius 1 is 1.29 bits per heavy atom. The van der Waals surface area contributed by atoms with Crippen molar-refractivity contribution < 1.29 is 5.11 Å². The van der Waals surface area contributed by atoms with Gasteiger partial charge < -0.3 is 10.4 Å². The fraction of sp³-hybridized carbons (Fsp3) is 0.333. The molecule has 0 saturated carbocycles. The van der Waals surface area contributed by atoms with E-state index in [2.05, 4.69) is 36.5 Å². The fourth-order valence-electron chi connectivity index (χ4n) is 3.12. The summed E-state index contributed by atoms with van der Waals surface area (Å²) in [5.41, 5.74) is 4.89. The second kappa shape index (κ2) is 6.18. The first kappa shape index (κ1) is 14.6. The summed E-state index contributed by atoms with van der Waals surface area (Å²) in [6, 6.07) is 14.9. The van der Waals surface area contributed by atoms with Crippen molar-refractivity contribution in [3.63, 3.8) is 0 Å². The van der Waals surface area contributed by atoms with Gasteiger partial charge in [-0.25, -0.2) is 0 Å². The third-order valence-electron chi connectivity index (χ3n) is 4.27. The molecule has 2 N–H and O–H groups in total. The molecule has 3 rings (SSSR count). The predicted octanol–water partition coefficient (Wildman–Crippen LogP) is 4.17. The van der Waals surface area contributed by atoms with Crippen LogP contribution in [0.1, 0.15) is 47.7 Å². The molecule has 3 heteroatoms. The van der Waals surface area contributed by atoms with Crippen molar-refractivity contribution in [1.82, 2.24) is 5.32 Å². The number of hydrogen-bond donors (Lipinski definition) is 2. The molecule has 2 unspecified atom stereocenters. The molecule has 0 bridgehead atoms. The van der Waals surface area contributed by atoms with Crippen LogP contribution < -0.4 is 5.32 Å². The minimum atomic E-state index is 0.0886. The highest BCUT2D eigenvalue weighted by Gasteiger charge is 2.24. The zero-order valence-corrected chi connectivity index (χ0v) is 12.9. The minimum absolute atomic E-state index is 0.0886. The van der Waals surface area contributed by atoms with Crippen LogP contribution in [0.15, 0.2) is 42.5 Å². The van der Waals surface area contributed by atoms with Crippen LogP contribution in [0, 0.1) is 0 Å². The van der Waals surface area contributed by atoms with Crippen LogP contribution >= 0.6 is 11.6 Å². The summed E-state index contributed by atoms with van der Waals surface area (Å²) < 4.78 is 0. The van der Waals surface area contributed by atoms with Crippen molar-refractivity contribution in [2.24, 2.45) is 0 Å². The van der Waals surface area contributed by atoms with E-state index in [1.54, 1.807) is 0 Å². The molecule has 2 nitrogen and oxygen atoms in total. The summed E-state index contributed by atoms with van der Waals surface area (Å²) in [6.45, 7) is 2.26. The average Bonchev–Trinajstić information content (AvgIpc) is 2.89. The van der Waals surface area contributed by atoms with Gasteiger partial charge in [0.1, 0.15) is 0 Å². The molecule has 2 aromatic carbocycles. The first-order valence-electron chi connectivity index (χ1n) is 7.41. The number of nitrogens with one attached hydrogen (secondary N) is 1. The summed E-state index contributed by atoms with van der Waals surface area (Å²) in [6.07, 6.45) is 2.19.